The van der Waals surface area contributed by atoms with Gasteiger partial charge in [-0.1, -0.05) is 43.8 Å². The minimum absolute atomic E-state index is 0.193. The molecule has 1 atom stereocenters. The van der Waals surface area contributed by atoms with Crippen LogP contribution >= 0.6 is 0 Å². The van der Waals surface area contributed by atoms with Crippen LogP contribution in [0.4, 0.5) is 0 Å². The first-order valence-corrected chi connectivity index (χ1v) is 12.4. The van der Waals surface area contributed by atoms with Gasteiger partial charge in [-0.2, -0.15) is 0 Å². The van der Waals surface area contributed by atoms with Gasteiger partial charge in [-0.25, -0.2) is 0 Å². The first-order valence-electron chi connectivity index (χ1n) is 12.4. The van der Waals surface area contributed by atoms with Gasteiger partial charge < -0.3 is 14.5 Å². The van der Waals surface area contributed by atoms with E-state index in [9.17, 15) is 0 Å². The van der Waals surface area contributed by atoms with Crippen molar-refractivity contribution in [3.8, 4) is 5.75 Å². The molecule has 0 bridgehead atoms. The van der Waals surface area contributed by atoms with E-state index in [2.05, 4.69) is 92.6 Å². The third-order valence-corrected chi connectivity index (χ3v) is 7.51. The Morgan fingerprint density at radius 2 is 1.84 bits per heavy atom. The summed E-state index contributed by atoms with van der Waals surface area (Å²) in [6, 6.07) is 17.7. The van der Waals surface area contributed by atoms with Gasteiger partial charge in [0.1, 0.15) is 5.75 Å². The number of likely N-dealkylation sites (tertiary alicyclic amines) is 2. The van der Waals surface area contributed by atoms with Crippen molar-refractivity contribution in [2.75, 3.05) is 32.7 Å². The lowest BCUT2D eigenvalue weighted by Gasteiger charge is -2.51. The second kappa shape index (κ2) is 9.70. The molecule has 2 aromatic rings. The highest BCUT2D eigenvalue weighted by atomic mass is 16.5. The van der Waals surface area contributed by atoms with Gasteiger partial charge in [0.15, 0.2) is 0 Å². The molecule has 2 aromatic carbocycles. The summed E-state index contributed by atoms with van der Waals surface area (Å²) in [6.45, 7) is 18.9. The Bertz CT molecular complexity index is 912. The fraction of sp³-hybridized carbons (Fsp3) is 0.517. The third kappa shape index (κ3) is 5.04. The molecule has 2 saturated heterocycles. The highest BCUT2D eigenvalue weighted by molar-refractivity contribution is 5.64. The van der Waals surface area contributed by atoms with Crippen LogP contribution in [0.25, 0.3) is 5.70 Å². The highest BCUT2D eigenvalue weighted by Crippen LogP contribution is 2.46. The van der Waals surface area contributed by atoms with Gasteiger partial charge in [0.05, 0.1) is 6.10 Å². The van der Waals surface area contributed by atoms with Crippen LogP contribution in [0, 0.1) is 12.3 Å². The molecule has 2 fully saturated rings. The second-order valence-electron chi connectivity index (χ2n) is 10.2. The largest absolute Gasteiger partial charge is 0.491 e. The zero-order valence-corrected chi connectivity index (χ0v) is 20.4. The third-order valence-electron chi connectivity index (χ3n) is 7.51. The molecule has 0 radical (unpaired) electrons. The molecule has 32 heavy (non-hydrogen) atoms. The van der Waals surface area contributed by atoms with E-state index < -0.39 is 0 Å². The molecule has 2 aliphatic rings. The van der Waals surface area contributed by atoms with Crippen LogP contribution in [0.5, 0.6) is 5.75 Å². The Morgan fingerprint density at radius 1 is 1.12 bits per heavy atom. The Balaban J connectivity index is 1.43. The first-order chi connectivity index (χ1) is 15.4. The zero-order valence-electron chi connectivity index (χ0n) is 20.4. The molecule has 3 heteroatoms. The number of hydrogen-bond acceptors (Lipinski definition) is 3. The highest BCUT2D eigenvalue weighted by Gasteiger charge is 2.42. The normalized spacial score (nSPS) is 21.2. The predicted molar refractivity (Wildman–Crippen MR) is 135 cm³/mol. The van der Waals surface area contributed by atoms with Crippen LogP contribution in [-0.2, 0) is 0 Å². The summed E-state index contributed by atoms with van der Waals surface area (Å²) in [6.07, 6.45) is 4.01. The second-order valence-corrected chi connectivity index (χ2v) is 10.2. The lowest BCUT2D eigenvalue weighted by atomic mass is 9.68. The SMILES string of the molecule is C=C(c1ccc(OC(C)C)c(C)c1)N1CCC2(CC1)CC(c1ccccc1)CN(CC)C2. The topological polar surface area (TPSA) is 15.7 Å². The van der Waals surface area contributed by atoms with Crippen LogP contribution < -0.4 is 4.74 Å². The molecule has 1 spiro atoms. The van der Waals surface area contributed by atoms with E-state index >= 15 is 0 Å². The lowest BCUT2D eigenvalue weighted by Crippen LogP contribution is -2.51. The molecule has 0 amide bonds. The molecular formula is C29H40N2O. The Hall–Kier alpha value is -2.26. The number of likely N-dealkylation sites (N-methyl/N-ethyl adjacent to an activating group) is 1. The maximum Gasteiger partial charge on any atom is 0.122 e. The van der Waals surface area contributed by atoms with E-state index in [0.29, 0.717) is 11.3 Å². The average molecular weight is 433 g/mol. The molecule has 0 N–H and O–H groups in total. The Kier molecular flexibility index (Phi) is 6.95. The average Bonchev–Trinajstić information content (AvgIpc) is 2.80. The van der Waals surface area contributed by atoms with Gasteiger partial charge >= 0.3 is 0 Å². The Labute approximate surface area is 195 Å². The van der Waals surface area contributed by atoms with Crippen molar-refractivity contribution in [1.29, 1.82) is 0 Å². The molecule has 3 nitrogen and oxygen atoms in total. The smallest absolute Gasteiger partial charge is 0.122 e. The summed E-state index contributed by atoms with van der Waals surface area (Å²) in [5, 5.41) is 0. The minimum Gasteiger partial charge on any atom is -0.491 e. The molecule has 2 heterocycles. The van der Waals surface area contributed by atoms with E-state index in [-0.39, 0.29) is 6.10 Å². The molecular weight excluding hydrogens is 392 g/mol. The van der Waals surface area contributed by atoms with Crippen molar-refractivity contribution in [3.05, 3.63) is 71.8 Å². The van der Waals surface area contributed by atoms with Crippen molar-refractivity contribution in [2.24, 2.45) is 5.41 Å². The van der Waals surface area contributed by atoms with E-state index in [1.165, 1.54) is 49.0 Å². The van der Waals surface area contributed by atoms with E-state index in [4.69, 9.17) is 4.74 Å². The maximum absolute atomic E-state index is 5.92. The predicted octanol–water partition coefficient (Wildman–Crippen LogP) is 6.34. The van der Waals surface area contributed by atoms with Crippen LogP contribution in [0.15, 0.2) is 55.1 Å². The standard InChI is InChI=1S/C29H40N2O/c1-6-30-20-27(25-10-8-7-9-11-25)19-29(21-30)14-16-31(17-15-29)24(5)26-12-13-28(23(4)18-26)32-22(2)3/h7-13,18,22,27H,5-6,14-17,19-21H2,1-4H3. The van der Waals surface area contributed by atoms with Gasteiger partial charge in [0.25, 0.3) is 0 Å². The molecule has 0 aliphatic carbocycles. The van der Waals surface area contributed by atoms with E-state index in [0.717, 1.165) is 31.1 Å². The zero-order chi connectivity index (χ0) is 22.7. The molecule has 0 aromatic heterocycles. The monoisotopic (exact) mass is 432 g/mol. The van der Waals surface area contributed by atoms with E-state index in [1.54, 1.807) is 0 Å². The van der Waals surface area contributed by atoms with Gasteiger partial charge in [0.2, 0.25) is 0 Å². The van der Waals surface area contributed by atoms with Crippen LogP contribution in [0.3, 0.4) is 0 Å². The summed E-state index contributed by atoms with van der Waals surface area (Å²) < 4.78 is 5.92. The quantitative estimate of drug-likeness (QED) is 0.529. The number of nitrogens with zero attached hydrogens (tertiary/aromatic N) is 2. The number of rotatable bonds is 6. The molecule has 172 valence electrons. The maximum atomic E-state index is 5.92. The molecule has 1 unspecified atom stereocenters. The number of hydrogen-bond donors (Lipinski definition) is 0. The van der Waals surface area contributed by atoms with Gasteiger partial charge in [-0.15, -0.1) is 0 Å². The van der Waals surface area contributed by atoms with E-state index in [1.807, 2.05) is 0 Å². The minimum atomic E-state index is 0.193. The number of benzene rings is 2. The Morgan fingerprint density at radius 3 is 2.47 bits per heavy atom. The van der Waals surface area contributed by atoms with Crippen LogP contribution in [0.2, 0.25) is 0 Å². The van der Waals surface area contributed by atoms with Crippen molar-refractivity contribution in [3.63, 3.8) is 0 Å². The fourth-order valence-corrected chi connectivity index (χ4v) is 5.70. The number of aryl methyl sites for hydroxylation is 1. The molecule has 4 rings (SSSR count). The fourth-order valence-electron chi connectivity index (χ4n) is 5.70. The van der Waals surface area contributed by atoms with Crippen molar-refractivity contribution < 1.29 is 4.74 Å². The van der Waals surface area contributed by atoms with Crippen LogP contribution in [-0.4, -0.2) is 48.6 Å². The van der Waals surface area contributed by atoms with Gasteiger partial charge in [0, 0.05) is 31.9 Å². The molecule has 2 aliphatic heterocycles. The number of ether oxygens (including phenoxy) is 1. The van der Waals surface area contributed by atoms with Gasteiger partial charge in [-0.05, 0) is 92.8 Å². The lowest BCUT2D eigenvalue weighted by molar-refractivity contribution is 0.0293. The summed E-state index contributed by atoms with van der Waals surface area (Å²) in [4.78, 5) is 5.19. The van der Waals surface area contributed by atoms with Crippen molar-refractivity contribution in [2.45, 2.75) is 59.0 Å². The first kappa shape index (κ1) is 22.9. The van der Waals surface area contributed by atoms with Crippen LogP contribution in [0.1, 0.15) is 62.6 Å². The summed E-state index contributed by atoms with van der Waals surface area (Å²) in [7, 11) is 0. The molecule has 0 saturated carbocycles. The summed E-state index contributed by atoms with van der Waals surface area (Å²) in [5.74, 6) is 1.62. The van der Waals surface area contributed by atoms with Crippen molar-refractivity contribution in [1.82, 2.24) is 9.80 Å². The summed E-state index contributed by atoms with van der Waals surface area (Å²) in [5.41, 5.74) is 5.49. The number of piperidine rings is 2. The van der Waals surface area contributed by atoms with Crippen molar-refractivity contribution >= 4 is 5.70 Å². The summed E-state index contributed by atoms with van der Waals surface area (Å²) >= 11 is 0. The van der Waals surface area contributed by atoms with Gasteiger partial charge in [-0.3, -0.25) is 0 Å².